The van der Waals surface area contributed by atoms with Crippen molar-refractivity contribution < 1.29 is 4.74 Å². The van der Waals surface area contributed by atoms with Crippen LogP contribution in [0.1, 0.15) is 19.3 Å². The van der Waals surface area contributed by atoms with Crippen LogP contribution in [0.25, 0.3) is 0 Å². The highest BCUT2D eigenvalue weighted by Gasteiger charge is 2.61. The Morgan fingerprint density at radius 2 is 2.27 bits per heavy atom. The Balaban J connectivity index is 1.94. The SMILES string of the molecule is COCC1(C2CC2)CC1CBr. The Bertz CT molecular complexity index is 156. The van der Waals surface area contributed by atoms with Gasteiger partial charge in [0.1, 0.15) is 0 Å². The fourth-order valence-electron chi connectivity index (χ4n) is 2.33. The van der Waals surface area contributed by atoms with Gasteiger partial charge in [-0.2, -0.15) is 0 Å². The number of ether oxygens (including phenoxy) is 1. The molecule has 0 spiro atoms. The maximum Gasteiger partial charge on any atom is 0.0524 e. The zero-order chi connectivity index (χ0) is 7.90. The van der Waals surface area contributed by atoms with E-state index < -0.39 is 0 Å². The van der Waals surface area contributed by atoms with Crippen molar-refractivity contribution in [1.82, 2.24) is 0 Å². The third kappa shape index (κ3) is 1.25. The van der Waals surface area contributed by atoms with Crippen LogP contribution in [0.5, 0.6) is 0 Å². The molecule has 0 aromatic carbocycles. The Morgan fingerprint density at radius 3 is 2.64 bits per heavy atom. The smallest absolute Gasteiger partial charge is 0.0524 e. The zero-order valence-electron chi connectivity index (χ0n) is 6.98. The summed E-state index contributed by atoms with van der Waals surface area (Å²) in [4.78, 5) is 0. The minimum atomic E-state index is 0.609. The molecule has 0 N–H and O–H groups in total. The van der Waals surface area contributed by atoms with E-state index in [0.717, 1.165) is 18.4 Å². The average Bonchev–Trinajstić information content (AvgIpc) is 2.83. The second kappa shape index (κ2) is 2.74. The predicted octanol–water partition coefficient (Wildman–Crippen LogP) is 2.44. The molecule has 2 saturated carbocycles. The lowest BCUT2D eigenvalue weighted by atomic mass is 9.99. The van der Waals surface area contributed by atoms with Gasteiger partial charge in [0.15, 0.2) is 0 Å². The van der Waals surface area contributed by atoms with Gasteiger partial charge in [-0.25, -0.2) is 0 Å². The van der Waals surface area contributed by atoms with Gasteiger partial charge in [-0.15, -0.1) is 0 Å². The molecule has 0 heterocycles. The van der Waals surface area contributed by atoms with Crippen molar-refractivity contribution in [3.8, 4) is 0 Å². The molecule has 0 saturated heterocycles. The van der Waals surface area contributed by atoms with Crippen LogP contribution >= 0.6 is 15.9 Å². The van der Waals surface area contributed by atoms with E-state index in [-0.39, 0.29) is 0 Å². The number of methoxy groups -OCH3 is 1. The van der Waals surface area contributed by atoms with Crippen LogP contribution in [0, 0.1) is 17.3 Å². The van der Waals surface area contributed by atoms with Crippen molar-refractivity contribution in [3.05, 3.63) is 0 Å². The molecule has 64 valence electrons. The van der Waals surface area contributed by atoms with Crippen molar-refractivity contribution in [2.75, 3.05) is 19.0 Å². The van der Waals surface area contributed by atoms with Gasteiger partial charge >= 0.3 is 0 Å². The molecule has 0 radical (unpaired) electrons. The molecule has 2 rings (SSSR count). The number of hydrogen-bond acceptors (Lipinski definition) is 1. The van der Waals surface area contributed by atoms with E-state index in [9.17, 15) is 0 Å². The predicted molar refractivity (Wildman–Crippen MR) is 48.9 cm³/mol. The fraction of sp³-hybridized carbons (Fsp3) is 1.00. The summed E-state index contributed by atoms with van der Waals surface area (Å²) in [5, 5.41) is 1.17. The maximum atomic E-state index is 5.28. The van der Waals surface area contributed by atoms with Gasteiger partial charge in [-0.1, -0.05) is 15.9 Å². The second-order valence-electron chi connectivity index (χ2n) is 4.00. The molecular formula is C9H15BrO. The first kappa shape index (κ1) is 8.06. The lowest BCUT2D eigenvalue weighted by Crippen LogP contribution is -2.14. The summed E-state index contributed by atoms with van der Waals surface area (Å²) in [6, 6.07) is 0. The van der Waals surface area contributed by atoms with E-state index in [0.29, 0.717) is 5.41 Å². The summed E-state index contributed by atoms with van der Waals surface area (Å²) in [5.74, 6) is 1.92. The van der Waals surface area contributed by atoms with Gasteiger partial charge in [0, 0.05) is 17.9 Å². The van der Waals surface area contributed by atoms with Crippen LogP contribution in [0.4, 0.5) is 0 Å². The Morgan fingerprint density at radius 1 is 1.55 bits per heavy atom. The topological polar surface area (TPSA) is 9.23 Å². The van der Waals surface area contributed by atoms with Crippen LogP contribution in [-0.2, 0) is 4.74 Å². The maximum absolute atomic E-state index is 5.28. The molecule has 1 nitrogen and oxygen atoms in total. The summed E-state index contributed by atoms with van der Waals surface area (Å²) >= 11 is 3.56. The van der Waals surface area contributed by atoms with E-state index >= 15 is 0 Å². The van der Waals surface area contributed by atoms with Crippen LogP contribution in [0.15, 0.2) is 0 Å². The van der Waals surface area contributed by atoms with Crippen molar-refractivity contribution in [2.45, 2.75) is 19.3 Å². The van der Waals surface area contributed by atoms with E-state index in [2.05, 4.69) is 15.9 Å². The summed E-state index contributed by atoms with van der Waals surface area (Å²) in [6.45, 7) is 0.994. The van der Waals surface area contributed by atoms with Crippen molar-refractivity contribution >= 4 is 15.9 Å². The average molecular weight is 219 g/mol. The quantitative estimate of drug-likeness (QED) is 0.660. The van der Waals surface area contributed by atoms with E-state index in [1.165, 1.54) is 24.6 Å². The number of rotatable bonds is 4. The molecule has 2 heteroatoms. The van der Waals surface area contributed by atoms with Gasteiger partial charge in [-0.3, -0.25) is 0 Å². The highest BCUT2D eigenvalue weighted by molar-refractivity contribution is 9.09. The first-order valence-corrected chi connectivity index (χ1v) is 5.50. The molecular weight excluding hydrogens is 204 g/mol. The van der Waals surface area contributed by atoms with Crippen LogP contribution in [0.2, 0.25) is 0 Å². The van der Waals surface area contributed by atoms with E-state index in [1.54, 1.807) is 0 Å². The molecule has 0 aromatic rings. The lowest BCUT2D eigenvalue weighted by Gasteiger charge is -2.14. The fourth-order valence-corrected chi connectivity index (χ4v) is 3.20. The Labute approximate surface area is 76.6 Å². The molecule has 2 fully saturated rings. The molecule has 0 aromatic heterocycles. The Hall–Kier alpha value is 0.440. The van der Waals surface area contributed by atoms with E-state index in [4.69, 9.17) is 4.74 Å². The normalized spacial score (nSPS) is 42.5. The standard InChI is InChI=1S/C9H15BrO/c1-11-6-9(7-2-3-7)4-8(9)5-10/h7-8H,2-6H2,1H3. The number of alkyl halides is 1. The summed E-state index contributed by atoms with van der Waals surface area (Å²) < 4.78 is 5.28. The van der Waals surface area contributed by atoms with Crippen molar-refractivity contribution in [3.63, 3.8) is 0 Å². The van der Waals surface area contributed by atoms with Crippen LogP contribution in [0.3, 0.4) is 0 Å². The second-order valence-corrected chi connectivity index (χ2v) is 4.64. The highest BCUT2D eigenvalue weighted by atomic mass is 79.9. The van der Waals surface area contributed by atoms with Crippen molar-refractivity contribution in [1.29, 1.82) is 0 Å². The molecule has 2 atom stereocenters. The van der Waals surface area contributed by atoms with Gasteiger partial charge < -0.3 is 4.74 Å². The van der Waals surface area contributed by atoms with Gasteiger partial charge in [0.25, 0.3) is 0 Å². The molecule has 2 aliphatic carbocycles. The van der Waals surface area contributed by atoms with Crippen molar-refractivity contribution in [2.24, 2.45) is 17.3 Å². The van der Waals surface area contributed by atoms with Gasteiger partial charge in [0.2, 0.25) is 0 Å². The van der Waals surface area contributed by atoms with Crippen LogP contribution < -0.4 is 0 Å². The molecule has 2 unspecified atom stereocenters. The minimum Gasteiger partial charge on any atom is -0.384 e. The van der Waals surface area contributed by atoms with Crippen LogP contribution in [-0.4, -0.2) is 19.0 Å². The summed E-state index contributed by atoms with van der Waals surface area (Å²) in [5.41, 5.74) is 0.609. The summed E-state index contributed by atoms with van der Waals surface area (Å²) in [7, 11) is 1.83. The highest BCUT2D eigenvalue weighted by Crippen LogP contribution is 2.65. The number of halogens is 1. The first-order valence-electron chi connectivity index (χ1n) is 4.38. The molecule has 0 aliphatic heterocycles. The molecule has 0 bridgehead atoms. The molecule has 0 amide bonds. The molecule has 11 heavy (non-hydrogen) atoms. The Kier molecular flexibility index (Phi) is 2.00. The van der Waals surface area contributed by atoms with E-state index in [1.807, 2.05) is 7.11 Å². The minimum absolute atomic E-state index is 0.609. The largest absolute Gasteiger partial charge is 0.384 e. The number of hydrogen-bond donors (Lipinski definition) is 0. The van der Waals surface area contributed by atoms with Gasteiger partial charge in [0.05, 0.1) is 6.61 Å². The third-order valence-electron chi connectivity index (χ3n) is 3.27. The van der Waals surface area contributed by atoms with Gasteiger partial charge in [-0.05, 0) is 31.1 Å². The zero-order valence-corrected chi connectivity index (χ0v) is 8.56. The monoisotopic (exact) mass is 218 g/mol. The first-order chi connectivity index (χ1) is 5.33. The lowest BCUT2D eigenvalue weighted by molar-refractivity contribution is 0.122. The third-order valence-corrected chi connectivity index (χ3v) is 4.05. The summed E-state index contributed by atoms with van der Waals surface area (Å²) in [6.07, 6.45) is 4.30. The molecule has 2 aliphatic rings.